The third kappa shape index (κ3) is 3.01. The highest BCUT2D eigenvalue weighted by Gasteiger charge is 2.14. The van der Waals surface area contributed by atoms with Crippen molar-refractivity contribution in [2.45, 2.75) is 13.8 Å². The molecule has 1 aromatic carbocycles. The molecule has 1 heterocycles. The Labute approximate surface area is 122 Å². The smallest absolute Gasteiger partial charge is 0.172 e. The molecule has 3 nitrogen and oxygen atoms in total. The molecule has 100 valence electrons. The Morgan fingerprint density at radius 3 is 2.21 bits per heavy atom. The van der Waals surface area contributed by atoms with Gasteiger partial charge in [-0.25, -0.2) is 18.7 Å². The van der Waals surface area contributed by atoms with Crippen LogP contribution in [0, 0.1) is 25.5 Å². The van der Waals surface area contributed by atoms with Crippen LogP contribution in [0.15, 0.2) is 16.6 Å². The summed E-state index contributed by atoms with van der Waals surface area (Å²) in [5.41, 5.74) is 0.972. The Kier molecular flexibility index (Phi) is 4.01. The first kappa shape index (κ1) is 14.1. The van der Waals surface area contributed by atoms with Crippen LogP contribution in [0.1, 0.15) is 11.4 Å². The van der Waals surface area contributed by atoms with Gasteiger partial charge in [-0.05, 0) is 26.0 Å². The lowest BCUT2D eigenvalue weighted by Crippen LogP contribution is -2.04. The number of hydrogen-bond acceptors (Lipinski definition) is 3. The van der Waals surface area contributed by atoms with Gasteiger partial charge in [0.1, 0.15) is 5.69 Å². The van der Waals surface area contributed by atoms with E-state index in [9.17, 15) is 8.78 Å². The average Bonchev–Trinajstić information content (AvgIpc) is 2.29. The fraction of sp³-hybridized carbons (Fsp3) is 0.167. The molecule has 0 saturated heterocycles. The van der Waals surface area contributed by atoms with Crippen molar-refractivity contribution in [2.75, 3.05) is 5.32 Å². The first-order valence-corrected chi connectivity index (χ1v) is 6.48. The molecule has 1 aromatic heterocycles. The summed E-state index contributed by atoms with van der Waals surface area (Å²) >= 11 is 8.90. The molecule has 1 N–H and O–H groups in total. The molecule has 2 aromatic rings. The van der Waals surface area contributed by atoms with Crippen LogP contribution >= 0.6 is 27.5 Å². The van der Waals surface area contributed by atoms with Crippen molar-refractivity contribution in [3.05, 3.63) is 44.8 Å². The predicted octanol–water partition coefficient (Wildman–Crippen LogP) is 4.53. The van der Waals surface area contributed by atoms with Crippen LogP contribution in [0.25, 0.3) is 0 Å². The van der Waals surface area contributed by atoms with Gasteiger partial charge in [-0.3, -0.25) is 0 Å². The van der Waals surface area contributed by atoms with Gasteiger partial charge in [0.25, 0.3) is 0 Å². The summed E-state index contributed by atoms with van der Waals surface area (Å²) in [6, 6.07) is 2.29. The highest BCUT2D eigenvalue weighted by Crippen LogP contribution is 2.28. The van der Waals surface area contributed by atoms with Gasteiger partial charge in [-0.2, -0.15) is 0 Å². The molecule has 0 saturated carbocycles. The quantitative estimate of drug-likeness (QED) is 0.866. The number of nitrogens with zero attached hydrogens (tertiary/aromatic N) is 2. The summed E-state index contributed by atoms with van der Waals surface area (Å²) < 4.78 is 27.7. The van der Waals surface area contributed by atoms with Crippen molar-refractivity contribution in [2.24, 2.45) is 0 Å². The van der Waals surface area contributed by atoms with E-state index in [0.717, 1.165) is 12.1 Å². The summed E-state index contributed by atoms with van der Waals surface area (Å²) in [6.45, 7) is 3.48. The van der Waals surface area contributed by atoms with Crippen molar-refractivity contribution in [3.63, 3.8) is 0 Å². The monoisotopic (exact) mass is 347 g/mol. The van der Waals surface area contributed by atoms with E-state index in [1.54, 1.807) is 13.8 Å². The minimum absolute atomic E-state index is 0.0600. The molecular weight excluding hydrogens is 340 g/mol. The van der Waals surface area contributed by atoms with E-state index in [4.69, 9.17) is 11.6 Å². The Morgan fingerprint density at radius 2 is 1.63 bits per heavy atom. The van der Waals surface area contributed by atoms with Crippen LogP contribution in [-0.2, 0) is 0 Å². The Hall–Kier alpha value is -1.27. The summed E-state index contributed by atoms with van der Waals surface area (Å²) in [6.07, 6.45) is 0. The second kappa shape index (κ2) is 5.38. The van der Waals surface area contributed by atoms with E-state index < -0.39 is 11.6 Å². The van der Waals surface area contributed by atoms with Crippen LogP contribution in [0.3, 0.4) is 0 Å². The summed E-state index contributed by atoms with van der Waals surface area (Å²) in [7, 11) is 0. The molecule has 0 aliphatic carbocycles. The molecule has 7 heteroatoms. The summed E-state index contributed by atoms with van der Waals surface area (Å²) in [4.78, 5) is 8.15. The molecule has 0 fully saturated rings. The molecule has 19 heavy (non-hydrogen) atoms. The Bertz CT molecular complexity index is 626. The minimum atomic E-state index is -0.747. The maximum Gasteiger partial charge on any atom is 0.172 e. The van der Waals surface area contributed by atoms with Crippen molar-refractivity contribution in [3.8, 4) is 0 Å². The molecule has 0 unspecified atom stereocenters. The third-order valence-corrected chi connectivity index (χ3v) is 3.24. The van der Waals surface area contributed by atoms with E-state index >= 15 is 0 Å². The van der Waals surface area contributed by atoms with Gasteiger partial charge in [0.2, 0.25) is 0 Å². The molecule has 0 atom stereocenters. The van der Waals surface area contributed by atoms with Crippen LogP contribution in [0.2, 0.25) is 5.15 Å². The van der Waals surface area contributed by atoms with Gasteiger partial charge in [0.05, 0.1) is 11.4 Å². The van der Waals surface area contributed by atoms with E-state index in [2.05, 4.69) is 31.2 Å². The number of benzene rings is 1. The topological polar surface area (TPSA) is 37.8 Å². The van der Waals surface area contributed by atoms with Gasteiger partial charge in [-0.15, -0.1) is 0 Å². The Morgan fingerprint density at radius 1 is 1.11 bits per heavy atom. The largest absolute Gasteiger partial charge is 0.333 e. The SMILES string of the molecule is Cc1nc(Cl)c(Nc2c(F)cc(Br)cc2F)nc1C. The lowest BCUT2D eigenvalue weighted by molar-refractivity contribution is 0.589. The highest BCUT2D eigenvalue weighted by atomic mass is 79.9. The fourth-order valence-electron chi connectivity index (χ4n) is 1.44. The number of aryl methyl sites for hydroxylation is 2. The van der Waals surface area contributed by atoms with Gasteiger partial charge >= 0.3 is 0 Å². The van der Waals surface area contributed by atoms with E-state index in [1.165, 1.54) is 0 Å². The number of hydrogen-bond donors (Lipinski definition) is 1. The van der Waals surface area contributed by atoms with Crippen molar-refractivity contribution in [1.82, 2.24) is 9.97 Å². The Balaban J connectivity index is 2.45. The van der Waals surface area contributed by atoms with Gasteiger partial charge in [0.15, 0.2) is 22.6 Å². The van der Waals surface area contributed by atoms with Crippen LogP contribution in [0.5, 0.6) is 0 Å². The molecule has 0 bridgehead atoms. The van der Waals surface area contributed by atoms with Crippen molar-refractivity contribution in [1.29, 1.82) is 0 Å². The number of halogens is 4. The van der Waals surface area contributed by atoms with Crippen LogP contribution in [-0.4, -0.2) is 9.97 Å². The normalized spacial score (nSPS) is 10.6. The summed E-state index contributed by atoms with van der Waals surface area (Å²) in [5.74, 6) is -1.38. The first-order valence-electron chi connectivity index (χ1n) is 5.31. The standard InChI is InChI=1S/C12H9BrClF2N3/c1-5-6(2)18-12(11(14)17-5)19-10-8(15)3-7(13)4-9(10)16/h3-4H,1-2H3,(H,18,19). The van der Waals surface area contributed by atoms with Gasteiger partial charge in [0, 0.05) is 4.47 Å². The second-order valence-electron chi connectivity index (χ2n) is 3.90. The lowest BCUT2D eigenvalue weighted by Gasteiger charge is -2.11. The zero-order chi connectivity index (χ0) is 14.2. The molecule has 0 amide bonds. The number of aromatic nitrogens is 2. The molecule has 0 aliphatic rings. The molecule has 0 radical (unpaired) electrons. The predicted molar refractivity (Wildman–Crippen MR) is 73.9 cm³/mol. The lowest BCUT2D eigenvalue weighted by atomic mass is 10.3. The van der Waals surface area contributed by atoms with Crippen LogP contribution in [0.4, 0.5) is 20.3 Å². The van der Waals surface area contributed by atoms with Gasteiger partial charge < -0.3 is 5.32 Å². The first-order chi connectivity index (χ1) is 8.88. The van der Waals surface area contributed by atoms with Crippen molar-refractivity contribution >= 4 is 39.0 Å². The second-order valence-corrected chi connectivity index (χ2v) is 5.18. The zero-order valence-corrected chi connectivity index (χ0v) is 12.4. The number of nitrogens with one attached hydrogen (secondary N) is 1. The summed E-state index contributed by atoms with van der Waals surface area (Å²) in [5, 5.41) is 2.59. The molecule has 0 spiro atoms. The van der Waals surface area contributed by atoms with E-state index in [0.29, 0.717) is 15.9 Å². The maximum absolute atomic E-state index is 13.7. The number of anilines is 2. The zero-order valence-electron chi connectivity index (χ0n) is 10.1. The molecule has 0 aliphatic heterocycles. The minimum Gasteiger partial charge on any atom is -0.333 e. The maximum atomic E-state index is 13.7. The molecule has 2 rings (SSSR count). The van der Waals surface area contributed by atoms with E-state index in [-0.39, 0.29) is 16.7 Å². The molecular formula is C12H9BrClF2N3. The third-order valence-electron chi connectivity index (χ3n) is 2.51. The van der Waals surface area contributed by atoms with Crippen molar-refractivity contribution < 1.29 is 8.78 Å². The van der Waals surface area contributed by atoms with Gasteiger partial charge in [-0.1, -0.05) is 27.5 Å². The highest BCUT2D eigenvalue weighted by molar-refractivity contribution is 9.10. The number of rotatable bonds is 2. The fourth-order valence-corrected chi connectivity index (χ4v) is 2.05. The van der Waals surface area contributed by atoms with E-state index in [1.807, 2.05) is 0 Å². The van der Waals surface area contributed by atoms with Crippen LogP contribution < -0.4 is 5.32 Å². The average molecular weight is 349 g/mol.